The molecule has 2 aromatic heterocycles. The number of carbonyl (C=O) groups is 1. The highest BCUT2D eigenvalue weighted by Gasteiger charge is 2.20. The van der Waals surface area contributed by atoms with Crippen LogP contribution in [0.2, 0.25) is 0 Å². The van der Waals surface area contributed by atoms with Crippen LogP contribution in [-0.2, 0) is 11.3 Å². The first kappa shape index (κ1) is 21.9. The van der Waals surface area contributed by atoms with Crippen LogP contribution in [0.3, 0.4) is 0 Å². The number of aromatic nitrogens is 2. The lowest BCUT2D eigenvalue weighted by atomic mass is 10.1. The van der Waals surface area contributed by atoms with Gasteiger partial charge in [0.05, 0.1) is 5.39 Å². The summed E-state index contributed by atoms with van der Waals surface area (Å²) in [6.07, 6.45) is 1.53. The number of anilines is 2. The lowest BCUT2D eigenvalue weighted by Gasteiger charge is -2.11. The van der Waals surface area contributed by atoms with Crippen LogP contribution in [0.4, 0.5) is 11.5 Å². The van der Waals surface area contributed by atoms with E-state index in [1.54, 1.807) is 0 Å². The Morgan fingerprint density at radius 1 is 0.912 bits per heavy atom. The average Bonchev–Trinajstić information content (AvgIpc) is 3.23. The van der Waals surface area contributed by atoms with Crippen LogP contribution in [0.15, 0.2) is 79.1 Å². The molecule has 5 rings (SSSR count). The molecule has 6 nitrogen and oxygen atoms in total. The third-order valence-electron chi connectivity index (χ3n) is 5.65. The van der Waals surface area contributed by atoms with Crippen LogP contribution < -0.4 is 10.6 Å². The van der Waals surface area contributed by atoms with Crippen molar-refractivity contribution in [3.8, 4) is 0 Å². The molecule has 0 aliphatic carbocycles. The summed E-state index contributed by atoms with van der Waals surface area (Å²) in [5.41, 5.74) is 2.89. The van der Waals surface area contributed by atoms with Crippen molar-refractivity contribution in [3.63, 3.8) is 0 Å². The van der Waals surface area contributed by atoms with Gasteiger partial charge < -0.3 is 15.4 Å². The number of aryl methyl sites for hydroxylation is 1. The van der Waals surface area contributed by atoms with E-state index in [9.17, 15) is 4.79 Å². The molecular formula is C27H24N4O2S. The van der Waals surface area contributed by atoms with E-state index >= 15 is 0 Å². The molecule has 7 heteroatoms. The topological polar surface area (TPSA) is 76.1 Å². The van der Waals surface area contributed by atoms with Crippen LogP contribution in [0.1, 0.15) is 20.8 Å². The number of hydrogen-bond donors (Lipinski definition) is 2. The van der Waals surface area contributed by atoms with Crippen LogP contribution in [0.25, 0.3) is 21.0 Å². The van der Waals surface area contributed by atoms with Gasteiger partial charge in [-0.05, 0) is 29.5 Å². The number of carbonyl (C=O) groups excluding carboxylic acids is 1. The van der Waals surface area contributed by atoms with Crippen molar-refractivity contribution in [2.24, 2.45) is 0 Å². The molecule has 5 aromatic rings. The number of hydrogen-bond acceptors (Lipinski definition) is 7. The first-order chi connectivity index (χ1) is 16.7. The number of esters is 1. The number of thiophene rings is 1. The summed E-state index contributed by atoms with van der Waals surface area (Å²) < 4.78 is 5.54. The van der Waals surface area contributed by atoms with Gasteiger partial charge in [-0.3, -0.25) is 0 Å². The molecular weight excluding hydrogens is 444 g/mol. The number of nitrogens with zero attached hydrogens (tertiary/aromatic N) is 2. The SMILES string of the molecule is Cc1c(C(=O)OCc2ccccc2)sc2ncnc(NCCNc3cccc4ccccc34)c12. The fraction of sp³-hybridized carbons (Fsp3) is 0.148. The van der Waals surface area contributed by atoms with Crippen molar-refractivity contribution in [1.82, 2.24) is 9.97 Å². The molecule has 0 bridgehead atoms. The van der Waals surface area contributed by atoms with Gasteiger partial charge in [0, 0.05) is 24.2 Å². The zero-order valence-electron chi connectivity index (χ0n) is 18.7. The van der Waals surface area contributed by atoms with E-state index in [0.717, 1.165) is 32.8 Å². The van der Waals surface area contributed by atoms with Crippen LogP contribution in [0, 0.1) is 6.92 Å². The molecule has 0 radical (unpaired) electrons. The minimum Gasteiger partial charge on any atom is -0.457 e. The molecule has 0 unspecified atom stereocenters. The monoisotopic (exact) mass is 468 g/mol. The third-order valence-corrected chi connectivity index (χ3v) is 6.83. The Balaban J connectivity index is 1.26. The van der Waals surface area contributed by atoms with Gasteiger partial charge >= 0.3 is 5.97 Å². The van der Waals surface area contributed by atoms with Gasteiger partial charge in [-0.1, -0.05) is 66.7 Å². The molecule has 34 heavy (non-hydrogen) atoms. The summed E-state index contributed by atoms with van der Waals surface area (Å²) in [5, 5.41) is 10.2. The maximum absolute atomic E-state index is 12.8. The lowest BCUT2D eigenvalue weighted by molar-refractivity contribution is 0.0478. The summed E-state index contributed by atoms with van der Waals surface area (Å²) in [6, 6.07) is 24.2. The lowest BCUT2D eigenvalue weighted by Crippen LogP contribution is -2.14. The number of benzene rings is 3. The highest BCUT2D eigenvalue weighted by molar-refractivity contribution is 7.20. The molecule has 2 N–H and O–H groups in total. The van der Waals surface area contributed by atoms with Gasteiger partial charge in [-0.2, -0.15) is 0 Å². The predicted molar refractivity (Wildman–Crippen MR) is 139 cm³/mol. The van der Waals surface area contributed by atoms with Gasteiger partial charge in [0.15, 0.2) is 0 Å². The predicted octanol–water partition coefficient (Wildman–Crippen LogP) is 6.03. The van der Waals surface area contributed by atoms with Crippen molar-refractivity contribution >= 4 is 49.8 Å². The van der Waals surface area contributed by atoms with Crippen molar-refractivity contribution < 1.29 is 9.53 Å². The van der Waals surface area contributed by atoms with E-state index < -0.39 is 0 Å². The average molecular weight is 469 g/mol. The van der Waals surface area contributed by atoms with Crippen LogP contribution >= 0.6 is 11.3 Å². The van der Waals surface area contributed by atoms with E-state index in [-0.39, 0.29) is 12.6 Å². The second kappa shape index (κ2) is 9.89. The summed E-state index contributed by atoms with van der Waals surface area (Å²) in [6.45, 7) is 3.54. The van der Waals surface area contributed by atoms with Crippen molar-refractivity contribution in [2.45, 2.75) is 13.5 Å². The van der Waals surface area contributed by atoms with Gasteiger partial charge in [0.2, 0.25) is 0 Å². The van der Waals surface area contributed by atoms with Crippen molar-refractivity contribution in [2.75, 3.05) is 23.7 Å². The fourth-order valence-electron chi connectivity index (χ4n) is 3.95. The molecule has 0 spiro atoms. The Kier molecular flexibility index (Phi) is 6.35. The maximum Gasteiger partial charge on any atom is 0.349 e. The van der Waals surface area contributed by atoms with E-state index in [4.69, 9.17) is 4.74 Å². The van der Waals surface area contributed by atoms with E-state index in [1.165, 1.54) is 28.4 Å². The standard InChI is InChI=1S/C27H24N4O2S/c1-18-23-25(29-15-14-28-22-13-7-11-20-10-5-6-12-21(20)22)30-17-31-26(23)34-24(18)27(32)33-16-19-8-3-2-4-9-19/h2-13,17,28H,14-16H2,1H3,(H,29,30,31). The molecule has 170 valence electrons. The quantitative estimate of drug-likeness (QED) is 0.214. The van der Waals surface area contributed by atoms with E-state index in [1.807, 2.05) is 49.4 Å². The normalized spacial score (nSPS) is 11.0. The Morgan fingerprint density at radius 3 is 2.56 bits per heavy atom. The molecule has 2 heterocycles. The zero-order chi connectivity index (χ0) is 23.3. The molecule has 0 saturated heterocycles. The Labute approximate surface area is 201 Å². The summed E-state index contributed by atoms with van der Waals surface area (Å²) in [4.78, 5) is 22.9. The minimum atomic E-state index is -0.340. The highest BCUT2D eigenvalue weighted by Crippen LogP contribution is 2.33. The van der Waals surface area contributed by atoms with E-state index in [2.05, 4.69) is 50.9 Å². The summed E-state index contributed by atoms with van der Waals surface area (Å²) >= 11 is 1.34. The molecule has 0 aliphatic heterocycles. The molecule has 3 aromatic carbocycles. The number of fused-ring (bicyclic) bond motifs is 2. The number of rotatable bonds is 8. The second-order valence-electron chi connectivity index (χ2n) is 7.90. The molecule has 0 atom stereocenters. The molecule has 0 fully saturated rings. The van der Waals surface area contributed by atoms with Gasteiger partial charge in [-0.15, -0.1) is 11.3 Å². The first-order valence-electron chi connectivity index (χ1n) is 11.1. The molecule has 0 amide bonds. The first-order valence-corrected chi connectivity index (χ1v) is 11.9. The van der Waals surface area contributed by atoms with Gasteiger partial charge in [0.25, 0.3) is 0 Å². The summed E-state index contributed by atoms with van der Waals surface area (Å²) in [5.74, 6) is 0.383. The minimum absolute atomic E-state index is 0.240. The largest absolute Gasteiger partial charge is 0.457 e. The molecule has 0 saturated carbocycles. The summed E-state index contributed by atoms with van der Waals surface area (Å²) in [7, 11) is 0. The second-order valence-corrected chi connectivity index (χ2v) is 8.90. The van der Waals surface area contributed by atoms with Gasteiger partial charge in [0.1, 0.15) is 28.5 Å². The van der Waals surface area contributed by atoms with Crippen LogP contribution in [-0.4, -0.2) is 29.0 Å². The van der Waals surface area contributed by atoms with Gasteiger partial charge in [-0.25, -0.2) is 14.8 Å². The third kappa shape index (κ3) is 4.56. The van der Waals surface area contributed by atoms with E-state index in [0.29, 0.717) is 18.0 Å². The van der Waals surface area contributed by atoms with Crippen molar-refractivity contribution in [1.29, 1.82) is 0 Å². The Hall–Kier alpha value is -3.97. The number of nitrogens with one attached hydrogen (secondary N) is 2. The fourth-order valence-corrected chi connectivity index (χ4v) is 4.99. The maximum atomic E-state index is 12.8. The van der Waals surface area contributed by atoms with Crippen LogP contribution in [0.5, 0.6) is 0 Å². The van der Waals surface area contributed by atoms with Crippen molar-refractivity contribution in [3.05, 3.63) is 95.1 Å². The number of ether oxygens (including phenoxy) is 1. The smallest absolute Gasteiger partial charge is 0.349 e. The highest BCUT2D eigenvalue weighted by atomic mass is 32.1. The Bertz CT molecular complexity index is 1440. The Morgan fingerprint density at radius 2 is 1.68 bits per heavy atom. The molecule has 0 aliphatic rings. The zero-order valence-corrected chi connectivity index (χ0v) is 19.6.